The van der Waals surface area contributed by atoms with Crippen LogP contribution in [0.5, 0.6) is 0 Å². The third-order valence-electron chi connectivity index (χ3n) is 8.12. The van der Waals surface area contributed by atoms with Crippen molar-refractivity contribution in [3.8, 4) is 11.3 Å². The van der Waals surface area contributed by atoms with Crippen molar-refractivity contribution in [2.45, 2.75) is 45.4 Å². The number of methoxy groups -OCH3 is 1. The molecule has 0 radical (unpaired) electrons. The number of hydrogen-bond donors (Lipinski definition) is 1. The molecule has 8 nitrogen and oxygen atoms in total. The fourth-order valence-electron chi connectivity index (χ4n) is 5.75. The summed E-state index contributed by atoms with van der Waals surface area (Å²) in [5, 5.41) is 10.2. The van der Waals surface area contributed by atoms with Gasteiger partial charge in [-0.2, -0.15) is 0 Å². The third kappa shape index (κ3) is 6.74. The quantitative estimate of drug-likeness (QED) is 0.199. The number of piperazine rings is 1. The Kier molecular flexibility index (Phi) is 9.87. The number of carbonyl (C=O) groups is 1. The van der Waals surface area contributed by atoms with E-state index in [0.717, 1.165) is 21.2 Å². The minimum Gasteiger partial charge on any atom is -0.445 e. The topological polar surface area (TPSA) is 80.1 Å². The lowest BCUT2D eigenvalue weighted by Crippen LogP contribution is -2.49. The molecule has 0 unspecified atom stereocenters. The van der Waals surface area contributed by atoms with Gasteiger partial charge in [-0.3, -0.25) is 4.98 Å². The number of pyridine rings is 1. The first kappa shape index (κ1) is 31.9. The highest BCUT2D eigenvalue weighted by Crippen LogP contribution is 2.42. The predicted octanol–water partition coefficient (Wildman–Crippen LogP) is 6.82. The molecule has 4 aromatic rings. The SMILES string of the molecule is CCn1c(-c2cc(N3CCN(C(=O)OCc4ccccc4)CC3)cnc2[C@H](C)OC)c(CC(F)(F)CO)c2cc(Br)ccc21. The van der Waals surface area contributed by atoms with E-state index >= 15 is 0 Å². The smallest absolute Gasteiger partial charge is 0.410 e. The molecule has 1 amide bonds. The fraction of sp³-hybridized carbons (Fsp3) is 0.394. The number of halogens is 3. The standard InChI is InChI=1S/C33H37BrF2N4O4/c1-4-40-29-11-10-24(34)16-26(29)28(18-33(35,36)21-41)31(40)27-17-25(19-37-30(27)22(2)43-3)38-12-14-39(15-13-38)32(42)44-20-23-8-6-5-7-9-23/h5-11,16-17,19,22,41H,4,12-15,18,20-21H2,1-3H3/t22-/m0/s1. The van der Waals surface area contributed by atoms with Crippen molar-refractivity contribution < 1.29 is 28.2 Å². The molecular formula is C33H37BrF2N4O4. The van der Waals surface area contributed by atoms with Crippen molar-refractivity contribution in [3.63, 3.8) is 0 Å². The lowest BCUT2D eigenvalue weighted by Gasteiger charge is -2.35. The van der Waals surface area contributed by atoms with Crippen molar-refractivity contribution in [1.82, 2.24) is 14.5 Å². The molecule has 0 spiro atoms. The van der Waals surface area contributed by atoms with E-state index in [1.54, 1.807) is 18.2 Å². The molecule has 0 aliphatic carbocycles. The molecule has 0 saturated carbocycles. The third-order valence-corrected chi connectivity index (χ3v) is 8.61. The molecule has 1 N–H and O–H groups in total. The molecule has 2 aromatic carbocycles. The van der Waals surface area contributed by atoms with Gasteiger partial charge >= 0.3 is 6.09 Å². The van der Waals surface area contributed by atoms with Crippen molar-refractivity contribution >= 4 is 38.6 Å². The average molecular weight is 672 g/mol. The van der Waals surface area contributed by atoms with Crippen LogP contribution in [0.1, 0.15) is 36.8 Å². The van der Waals surface area contributed by atoms with Gasteiger partial charge in [-0.25, -0.2) is 13.6 Å². The normalized spacial score (nSPS) is 14.7. The predicted molar refractivity (Wildman–Crippen MR) is 170 cm³/mol. The van der Waals surface area contributed by atoms with E-state index in [-0.39, 0.29) is 12.7 Å². The summed E-state index contributed by atoms with van der Waals surface area (Å²) in [6, 6.07) is 17.2. The molecule has 11 heteroatoms. The minimum atomic E-state index is -3.31. The number of hydrogen-bond acceptors (Lipinski definition) is 6. The number of aliphatic hydroxyl groups excluding tert-OH is 1. The lowest BCUT2D eigenvalue weighted by molar-refractivity contribution is -0.0485. The van der Waals surface area contributed by atoms with Crippen LogP contribution in [0.25, 0.3) is 22.2 Å². The van der Waals surface area contributed by atoms with Gasteiger partial charge in [-0.1, -0.05) is 46.3 Å². The number of anilines is 1. The van der Waals surface area contributed by atoms with Crippen molar-refractivity contribution in [2.24, 2.45) is 0 Å². The molecular weight excluding hydrogens is 634 g/mol. The summed E-state index contributed by atoms with van der Waals surface area (Å²) in [4.78, 5) is 21.4. The largest absolute Gasteiger partial charge is 0.445 e. The molecule has 234 valence electrons. The van der Waals surface area contributed by atoms with Gasteiger partial charge in [-0.15, -0.1) is 0 Å². The molecule has 1 fully saturated rings. The van der Waals surface area contributed by atoms with Gasteiger partial charge in [0.05, 0.1) is 29.4 Å². The molecule has 44 heavy (non-hydrogen) atoms. The van der Waals surface area contributed by atoms with Gasteiger partial charge in [0.15, 0.2) is 0 Å². The number of aromatic nitrogens is 2. The van der Waals surface area contributed by atoms with E-state index in [2.05, 4.69) is 20.8 Å². The maximum absolute atomic E-state index is 14.9. The Bertz CT molecular complexity index is 1610. The number of aryl methyl sites for hydroxylation is 1. The monoisotopic (exact) mass is 670 g/mol. The molecule has 1 aliphatic heterocycles. The van der Waals surface area contributed by atoms with Gasteiger partial charge in [0, 0.05) is 67.2 Å². The highest BCUT2D eigenvalue weighted by Gasteiger charge is 2.34. The number of aliphatic hydroxyl groups is 1. The molecule has 1 aliphatic rings. The first-order chi connectivity index (χ1) is 21.2. The summed E-state index contributed by atoms with van der Waals surface area (Å²) in [5.41, 5.74) is 4.96. The van der Waals surface area contributed by atoms with Crippen LogP contribution in [-0.4, -0.2) is 71.5 Å². The Morgan fingerprint density at radius 3 is 2.50 bits per heavy atom. The summed E-state index contributed by atoms with van der Waals surface area (Å²) in [5.74, 6) is -3.31. The zero-order valence-electron chi connectivity index (χ0n) is 25.1. The highest BCUT2D eigenvalue weighted by atomic mass is 79.9. The minimum absolute atomic E-state index is 0.214. The van der Waals surface area contributed by atoms with Crippen LogP contribution in [0, 0.1) is 0 Å². The summed E-state index contributed by atoms with van der Waals surface area (Å²) in [7, 11) is 1.59. The maximum Gasteiger partial charge on any atom is 0.410 e. The van der Waals surface area contributed by atoms with Crippen LogP contribution in [0.2, 0.25) is 0 Å². The molecule has 2 aromatic heterocycles. The van der Waals surface area contributed by atoms with E-state index in [9.17, 15) is 18.7 Å². The number of ether oxygens (including phenoxy) is 2. The molecule has 3 heterocycles. The molecule has 1 atom stereocenters. The van der Waals surface area contributed by atoms with E-state index in [0.29, 0.717) is 60.6 Å². The van der Waals surface area contributed by atoms with Gasteiger partial charge in [0.2, 0.25) is 0 Å². The fourth-order valence-corrected chi connectivity index (χ4v) is 6.11. The number of carbonyl (C=O) groups excluding carboxylic acids is 1. The molecule has 0 bridgehead atoms. The Morgan fingerprint density at radius 1 is 1.11 bits per heavy atom. The average Bonchev–Trinajstić information content (AvgIpc) is 3.34. The van der Waals surface area contributed by atoms with Crippen LogP contribution >= 0.6 is 15.9 Å². The number of nitrogens with zero attached hydrogens (tertiary/aromatic N) is 4. The van der Waals surface area contributed by atoms with Crippen LogP contribution < -0.4 is 4.90 Å². The maximum atomic E-state index is 14.9. The van der Waals surface area contributed by atoms with Crippen molar-refractivity contribution in [3.05, 3.63) is 82.1 Å². The van der Waals surface area contributed by atoms with Crippen LogP contribution in [0.15, 0.2) is 65.3 Å². The lowest BCUT2D eigenvalue weighted by atomic mass is 9.97. The van der Waals surface area contributed by atoms with E-state index < -0.39 is 25.1 Å². The first-order valence-corrected chi connectivity index (χ1v) is 15.5. The summed E-state index contributed by atoms with van der Waals surface area (Å²) in [6.45, 7) is 5.40. The summed E-state index contributed by atoms with van der Waals surface area (Å²) in [6.07, 6.45) is 0.379. The number of alkyl halides is 2. The van der Waals surface area contributed by atoms with E-state index in [1.165, 1.54) is 0 Å². The Labute approximate surface area is 264 Å². The van der Waals surface area contributed by atoms with Crippen LogP contribution in [0.3, 0.4) is 0 Å². The Morgan fingerprint density at radius 2 is 1.84 bits per heavy atom. The second-order valence-electron chi connectivity index (χ2n) is 10.9. The van der Waals surface area contributed by atoms with Gasteiger partial charge in [0.25, 0.3) is 5.92 Å². The van der Waals surface area contributed by atoms with Crippen LogP contribution in [-0.2, 0) is 29.0 Å². The Hall–Kier alpha value is -3.54. The second-order valence-corrected chi connectivity index (χ2v) is 11.9. The van der Waals surface area contributed by atoms with Gasteiger partial charge in [0.1, 0.15) is 13.2 Å². The van der Waals surface area contributed by atoms with Crippen LogP contribution in [0.4, 0.5) is 19.3 Å². The zero-order valence-corrected chi connectivity index (χ0v) is 26.7. The summed E-state index contributed by atoms with van der Waals surface area (Å²) < 4.78 is 43.7. The Balaban J connectivity index is 1.49. The van der Waals surface area contributed by atoms with Crippen molar-refractivity contribution in [2.75, 3.05) is 44.8 Å². The van der Waals surface area contributed by atoms with E-state index in [1.807, 2.05) is 73.0 Å². The van der Waals surface area contributed by atoms with Gasteiger partial charge in [-0.05, 0) is 49.2 Å². The second kappa shape index (κ2) is 13.6. The number of benzene rings is 2. The van der Waals surface area contributed by atoms with Gasteiger partial charge < -0.3 is 28.9 Å². The summed E-state index contributed by atoms with van der Waals surface area (Å²) >= 11 is 3.50. The number of fused-ring (bicyclic) bond motifs is 1. The number of amides is 1. The first-order valence-electron chi connectivity index (χ1n) is 14.7. The zero-order chi connectivity index (χ0) is 31.4. The molecule has 5 rings (SSSR count). The van der Waals surface area contributed by atoms with Crippen molar-refractivity contribution in [1.29, 1.82) is 0 Å². The highest BCUT2D eigenvalue weighted by molar-refractivity contribution is 9.10. The number of rotatable bonds is 10. The van der Waals surface area contributed by atoms with E-state index in [4.69, 9.17) is 14.5 Å². The molecule has 1 saturated heterocycles.